The van der Waals surface area contributed by atoms with Gasteiger partial charge in [0.1, 0.15) is 5.52 Å². The van der Waals surface area contributed by atoms with Gasteiger partial charge in [-0.2, -0.15) is 0 Å². The maximum Gasteiger partial charge on any atom is 0.321 e. The third-order valence-corrected chi connectivity index (χ3v) is 5.45. The summed E-state index contributed by atoms with van der Waals surface area (Å²) in [6.07, 6.45) is 11.3. The predicted molar refractivity (Wildman–Crippen MR) is 86.8 cm³/mol. The van der Waals surface area contributed by atoms with Gasteiger partial charge in [0.2, 0.25) is 0 Å². The zero-order chi connectivity index (χ0) is 15.0. The Morgan fingerprint density at radius 1 is 1.23 bits per heavy atom. The number of hydrogen-bond donors (Lipinski definition) is 2. The largest absolute Gasteiger partial charge is 0.358 e. The number of rotatable bonds is 1. The van der Waals surface area contributed by atoms with Crippen LogP contribution < -0.4 is 5.32 Å². The number of nitrogens with zero attached hydrogens (tertiary/aromatic N) is 2. The normalized spacial score (nSPS) is 20.6. The first-order chi connectivity index (χ1) is 10.8. The highest BCUT2D eigenvalue weighted by Crippen LogP contribution is 2.46. The summed E-state index contributed by atoms with van der Waals surface area (Å²) in [4.78, 5) is 21.9. The van der Waals surface area contributed by atoms with Crippen LogP contribution in [0, 0.1) is 5.41 Å². The zero-order valence-electron chi connectivity index (χ0n) is 12.8. The van der Waals surface area contributed by atoms with E-state index < -0.39 is 0 Å². The van der Waals surface area contributed by atoms with E-state index in [1.165, 1.54) is 25.7 Å². The molecule has 0 radical (unpaired) electrons. The predicted octanol–water partition coefficient (Wildman–Crippen LogP) is 3.75. The first-order valence-corrected chi connectivity index (χ1v) is 8.24. The number of hydrogen-bond acceptors (Lipinski definition) is 2. The molecule has 0 bridgehead atoms. The SMILES string of the molecule is O=C(Nc1c[nH]c2cccnc12)N1CCC2(CCCC2)CC1. The summed E-state index contributed by atoms with van der Waals surface area (Å²) >= 11 is 0. The molecule has 2 N–H and O–H groups in total. The molecule has 1 aliphatic heterocycles. The molecule has 0 unspecified atom stereocenters. The van der Waals surface area contributed by atoms with Crippen LogP contribution in [-0.2, 0) is 0 Å². The van der Waals surface area contributed by atoms with E-state index in [9.17, 15) is 4.79 Å². The molecule has 116 valence electrons. The van der Waals surface area contributed by atoms with Gasteiger partial charge < -0.3 is 15.2 Å². The van der Waals surface area contributed by atoms with Crippen molar-refractivity contribution in [3.63, 3.8) is 0 Å². The lowest BCUT2D eigenvalue weighted by atomic mass is 9.77. The molecule has 3 heterocycles. The number of pyridine rings is 1. The Kier molecular flexibility index (Phi) is 3.28. The van der Waals surface area contributed by atoms with Crippen LogP contribution in [0.4, 0.5) is 10.5 Å². The summed E-state index contributed by atoms with van der Waals surface area (Å²) in [5.74, 6) is 0. The lowest BCUT2D eigenvalue weighted by Gasteiger charge is -2.39. The van der Waals surface area contributed by atoms with Crippen molar-refractivity contribution in [2.45, 2.75) is 38.5 Å². The Bertz CT molecular complexity index is 677. The van der Waals surface area contributed by atoms with Gasteiger partial charge in [0, 0.05) is 25.5 Å². The van der Waals surface area contributed by atoms with Crippen LogP contribution in [0.25, 0.3) is 11.0 Å². The smallest absolute Gasteiger partial charge is 0.321 e. The van der Waals surface area contributed by atoms with Crippen molar-refractivity contribution in [2.75, 3.05) is 18.4 Å². The highest BCUT2D eigenvalue weighted by molar-refractivity contribution is 5.99. The van der Waals surface area contributed by atoms with Crippen molar-refractivity contribution in [1.82, 2.24) is 14.9 Å². The number of aromatic nitrogens is 2. The van der Waals surface area contributed by atoms with Crippen LogP contribution in [0.15, 0.2) is 24.5 Å². The number of amides is 2. The molecule has 2 aliphatic rings. The Balaban J connectivity index is 1.42. The minimum Gasteiger partial charge on any atom is -0.358 e. The fraction of sp³-hybridized carbons (Fsp3) is 0.529. The lowest BCUT2D eigenvalue weighted by Crippen LogP contribution is -2.44. The van der Waals surface area contributed by atoms with E-state index in [-0.39, 0.29) is 6.03 Å². The summed E-state index contributed by atoms with van der Waals surface area (Å²) < 4.78 is 0. The molecule has 0 atom stereocenters. The number of carbonyl (C=O) groups is 1. The molecule has 0 aromatic carbocycles. The lowest BCUT2D eigenvalue weighted by molar-refractivity contribution is 0.127. The molecule has 5 nitrogen and oxygen atoms in total. The molecular weight excluding hydrogens is 276 g/mol. The number of urea groups is 1. The van der Waals surface area contributed by atoms with Crippen molar-refractivity contribution in [1.29, 1.82) is 0 Å². The number of H-pyrrole nitrogens is 1. The molecular formula is C17H22N4O. The first-order valence-electron chi connectivity index (χ1n) is 8.24. The van der Waals surface area contributed by atoms with E-state index in [1.54, 1.807) is 6.20 Å². The molecule has 1 saturated carbocycles. The maximum absolute atomic E-state index is 12.5. The number of nitrogens with one attached hydrogen (secondary N) is 2. The molecule has 22 heavy (non-hydrogen) atoms. The van der Waals surface area contributed by atoms with E-state index in [0.29, 0.717) is 5.41 Å². The Hall–Kier alpha value is -2.04. The molecule has 2 aromatic rings. The van der Waals surface area contributed by atoms with Crippen LogP contribution in [-0.4, -0.2) is 34.0 Å². The minimum absolute atomic E-state index is 0.000556. The molecule has 2 aromatic heterocycles. The van der Waals surface area contributed by atoms with Crippen molar-refractivity contribution in [3.8, 4) is 0 Å². The van der Waals surface area contributed by atoms with Gasteiger partial charge in [-0.15, -0.1) is 0 Å². The second kappa shape index (κ2) is 5.30. The number of likely N-dealkylation sites (tertiary alicyclic amines) is 1. The Morgan fingerprint density at radius 2 is 2.00 bits per heavy atom. The quantitative estimate of drug-likeness (QED) is 0.842. The van der Waals surface area contributed by atoms with Crippen LogP contribution in [0.1, 0.15) is 38.5 Å². The van der Waals surface area contributed by atoms with E-state index in [4.69, 9.17) is 0 Å². The average molecular weight is 298 g/mol. The monoisotopic (exact) mass is 298 g/mol. The zero-order valence-corrected chi connectivity index (χ0v) is 12.8. The highest BCUT2D eigenvalue weighted by Gasteiger charge is 2.37. The number of carbonyl (C=O) groups excluding carboxylic acids is 1. The Labute approximate surface area is 130 Å². The molecule has 2 amide bonds. The maximum atomic E-state index is 12.5. The number of aromatic amines is 1. The van der Waals surface area contributed by atoms with E-state index in [2.05, 4.69) is 15.3 Å². The second-order valence-electron chi connectivity index (χ2n) is 6.73. The van der Waals surface area contributed by atoms with Gasteiger partial charge in [0.15, 0.2) is 0 Å². The van der Waals surface area contributed by atoms with Crippen molar-refractivity contribution in [2.24, 2.45) is 5.41 Å². The molecule has 1 saturated heterocycles. The van der Waals surface area contributed by atoms with Crippen molar-refractivity contribution < 1.29 is 4.79 Å². The molecule has 5 heteroatoms. The van der Waals surface area contributed by atoms with Gasteiger partial charge in [0.25, 0.3) is 0 Å². The summed E-state index contributed by atoms with van der Waals surface area (Å²) in [5.41, 5.74) is 3.07. The van der Waals surface area contributed by atoms with E-state index >= 15 is 0 Å². The van der Waals surface area contributed by atoms with Gasteiger partial charge in [0.05, 0.1) is 11.2 Å². The van der Waals surface area contributed by atoms with Crippen LogP contribution in [0.3, 0.4) is 0 Å². The van der Waals surface area contributed by atoms with E-state index in [1.807, 2.05) is 23.2 Å². The first kappa shape index (κ1) is 13.6. The van der Waals surface area contributed by atoms with Crippen LogP contribution in [0.5, 0.6) is 0 Å². The summed E-state index contributed by atoms with van der Waals surface area (Å²) in [5, 5.41) is 3.01. The van der Waals surface area contributed by atoms with Crippen molar-refractivity contribution >= 4 is 22.8 Å². The average Bonchev–Trinajstić information content (AvgIpc) is 3.16. The summed E-state index contributed by atoms with van der Waals surface area (Å²) in [7, 11) is 0. The van der Waals surface area contributed by atoms with Gasteiger partial charge in [-0.05, 0) is 43.2 Å². The summed E-state index contributed by atoms with van der Waals surface area (Å²) in [6.45, 7) is 1.75. The third kappa shape index (κ3) is 2.34. The standard InChI is InChI=1S/C17H22N4O/c22-16(20-14-12-19-13-4-3-9-18-15(13)14)21-10-7-17(8-11-21)5-1-2-6-17/h3-4,9,12,19H,1-2,5-8,10-11H2,(H,20,22). The minimum atomic E-state index is -0.000556. The second-order valence-corrected chi connectivity index (χ2v) is 6.73. The number of anilines is 1. The fourth-order valence-corrected chi connectivity index (χ4v) is 4.05. The Morgan fingerprint density at radius 3 is 2.77 bits per heavy atom. The number of piperidine rings is 1. The molecule has 1 aliphatic carbocycles. The molecule has 1 spiro atoms. The van der Waals surface area contributed by atoms with Crippen LogP contribution in [0.2, 0.25) is 0 Å². The van der Waals surface area contributed by atoms with Crippen molar-refractivity contribution in [3.05, 3.63) is 24.5 Å². The van der Waals surface area contributed by atoms with Gasteiger partial charge in [-0.25, -0.2) is 4.79 Å². The van der Waals surface area contributed by atoms with Gasteiger partial charge >= 0.3 is 6.03 Å². The molecule has 2 fully saturated rings. The highest BCUT2D eigenvalue weighted by atomic mass is 16.2. The van der Waals surface area contributed by atoms with Gasteiger partial charge in [-0.1, -0.05) is 12.8 Å². The van der Waals surface area contributed by atoms with E-state index in [0.717, 1.165) is 42.7 Å². The number of fused-ring (bicyclic) bond motifs is 1. The fourth-order valence-electron chi connectivity index (χ4n) is 4.05. The third-order valence-electron chi connectivity index (χ3n) is 5.45. The van der Waals surface area contributed by atoms with Gasteiger partial charge in [-0.3, -0.25) is 4.98 Å². The van der Waals surface area contributed by atoms with Crippen LogP contribution >= 0.6 is 0 Å². The summed E-state index contributed by atoms with van der Waals surface area (Å²) in [6, 6.07) is 3.85. The molecule has 4 rings (SSSR count). The topological polar surface area (TPSA) is 61.0 Å².